The van der Waals surface area contributed by atoms with Crippen molar-refractivity contribution < 1.29 is 9.47 Å². The number of ether oxygens (including phenoxy) is 2. The lowest BCUT2D eigenvalue weighted by Crippen LogP contribution is -2.39. The van der Waals surface area contributed by atoms with Gasteiger partial charge in [-0.1, -0.05) is 63.7 Å². The van der Waals surface area contributed by atoms with Crippen LogP contribution in [0.3, 0.4) is 0 Å². The maximum absolute atomic E-state index is 14.0. The van der Waals surface area contributed by atoms with Gasteiger partial charge >= 0.3 is 0 Å². The number of fused-ring (bicyclic) bond motifs is 1. The SMILES string of the molecule is CCOc1ccc(C=C2CCCC3=C2N=c2sc(=Cc4ccc(Br)cc4)c(=O)n2C3c2ccc(OCC)cc2)cc1. The van der Waals surface area contributed by atoms with Gasteiger partial charge in [-0.15, -0.1) is 0 Å². The normalized spacial score (nSPS) is 17.7. The van der Waals surface area contributed by atoms with Crippen molar-refractivity contribution in [2.45, 2.75) is 39.2 Å². The Kier molecular flexibility index (Phi) is 8.08. The maximum atomic E-state index is 14.0. The number of nitrogens with zero attached hydrogens (tertiary/aromatic N) is 2. The minimum absolute atomic E-state index is 0.00952. The first-order chi connectivity index (χ1) is 20.0. The number of allylic oxidation sites excluding steroid dienone is 2. The van der Waals surface area contributed by atoms with E-state index < -0.39 is 0 Å². The minimum Gasteiger partial charge on any atom is -0.494 e. The van der Waals surface area contributed by atoms with Crippen molar-refractivity contribution in [3.05, 3.63) is 130 Å². The average molecular weight is 628 g/mol. The molecule has 3 aromatic carbocycles. The lowest BCUT2D eigenvalue weighted by atomic mass is 9.84. The Bertz CT molecular complexity index is 1800. The van der Waals surface area contributed by atoms with Crippen LogP contribution in [0.25, 0.3) is 12.2 Å². The van der Waals surface area contributed by atoms with E-state index in [4.69, 9.17) is 14.5 Å². The molecule has 6 rings (SSSR count). The highest BCUT2D eigenvalue weighted by Gasteiger charge is 2.32. The first-order valence-electron chi connectivity index (χ1n) is 14.0. The number of hydrogen-bond donors (Lipinski definition) is 0. The molecule has 4 aromatic rings. The van der Waals surface area contributed by atoms with Crippen LogP contribution in [-0.4, -0.2) is 17.8 Å². The van der Waals surface area contributed by atoms with E-state index in [-0.39, 0.29) is 11.6 Å². The van der Waals surface area contributed by atoms with Gasteiger partial charge in [0, 0.05) is 4.47 Å². The van der Waals surface area contributed by atoms with E-state index in [9.17, 15) is 4.79 Å². The van der Waals surface area contributed by atoms with Crippen LogP contribution >= 0.6 is 27.3 Å². The first kappa shape index (κ1) is 27.5. The van der Waals surface area contributed by atoms with E-state index in [0.717, 1.165) is 62.4 Å². The van der Waals surface area contributed by atoms with E-state index in [2.05, 4.69) is 46.3 Å². The minimum atomic E-state index is -0.215. The molecule has 0 amide bonds. The molecule has 208 valence electrons. The summed E-state index contributed by atoms with van der Waals surface area (Å²) in [6, 6.07) is 24.1. The standard InChI is InChI=1S/C34H31BrN2O3S/c1-3-39-27-16-10-22(11-17-27)20-25-6-5-7-29-31(25)36-34-37(32(29)24-12-18-28(19-13-24)40-4-2)33(38)30(41-34)21-23-8-14-26(35)15-9-23/h8-21,32H,3-7H2,1-2H3. The third kappa shape index (κ3) is 5.74. The number of aromatic nitrogens is 1. The molecule has 1 unspecified atom stereocenters. The first-order valence-corrected chi connectivity index (χ1v) is 15.6. The van der Waals surface area contributed by atoms with Crippen molar-refractivity contribution in [1.29, 1.82) is 0 Å². The molecule has 0 fully saturated rings. The highest BCUT2D eigenvalue weighted by molar-refractivity contribution is 9.10. The monoisotopic (exact) mass is 626 g/mol. The van der Waals surface area contributed by atoms with Gasteiger partial charge in [0.1, 0.15) is 11.5 Å². The molecule has 2 aliphatic rings. The zero-order valence-corrected chi connectivity index (χ0v) is 25.5. The molecular formula is C34H31BrN2O3S. The smallest absolute Gasteiger partial charge is 0.271 e. The predicted molar refractivity (Wildman–Crippen MR) is 169 cm³/mol. The fourth-order valence-corrected chi connectivity index (χ4v) is 6.77. The predicted octanol–water partition coefficient (Wildman–Crippen LogP) is 7.04. The zero-order chi connectivity index (χ0) is 28.3. The van der Waals surface area contributed by atoms with Crippen LogP contribution in [0, 0.1) is 0 Å². The van der Waals surface area contributed by atoms with Crippen molar-refractivity contribution in [3.63, 3.8) is 0 Å². The van der Waals surface area contributed by atoms with Crippen LogP contribution in [0.15, 0.2) is 104 Å². The quantitative estimate of drug-likeness (QED) is 0.221. The molecule has 7 heteroatoms. The van der Waals surface area contributed by atoms with Crippen molar-refractivity contribution in [2.75, 3.05) is 13.2 Å². The van der Waals surface area contributed by atoms with Crippen LogP contribution in [0.2, 0.25) is 0 Å². The molecule has 0 bridgehead atoms. The molecule has 1 aliphatic carbocycles. The molecule has 1 aromatic heterocycles. The molecule has 41 heavy (non-hydrogen) atoms. The topological polar surface area (TPSA) is 52.8 Å². The molecule has 1 aliphatic heterocycles. The maximum Gasteiger partial charge on any atom is 0.271 e. The Balaban J connectivity index is 1.51. The fourth-order valence-electron chi connectivity index (χ4n) is 5.51. The van der Waals surface area contributed by atoms with Gasteiger partial charge < -0.3 is 9.47 Å². The van der Waals surface area contributed by atoms with Crippen molar-refractivity contribution in [2.24, 2.45) is 4.99 Å². The summed E-state index contributed by atoms with van der Waals surface area (Å²) < 4.78 is 14.9. The Morgan fingerprint density at radius 2 is 1.49 bits per heavy atom. The summed E-state index contributed by atoms with van der Waals surface area (Å²) >= 11 is 4.95. The summed E-state index contributed by atoms with van der Waals surface area (Å²) in [5, 5.41) is 0. The van der Waals surface area contributed by atoms with Crippen molar-refractivity contribution >= 4 is 39.4 Å². The second kappa shape index (κ2) is 12.0. The summed E-state index contributed by atoms with van der Waals surface area (Å²) in [5.74, 6) is 1.70. The van der Waals surface area contributed by atoms with Crippen LogP contribution in [0.1, 0.15) is 55.8 Å². The lowest BCUT2D eigenvalue weighted by Gasteiger charge is -2.31. The third-order valence-electron chi connectivity index (χ3n) is 7.34. The van der Waals surface area contributed by atoms with E-state index in [1.165, 1.54) is 22.5 Å². The van der Waals surface area contributed by atoms with E-state index in [1.54, 1.807) is 0 Å². The van der Waals surface area contributed by atoms with Gasteiger partial charge in [0.05, 0.1) is 29.5 Å². The Hall–Kier alpha value is -3.68. The Labute approximate surface area is 251 Å². The summed E-state index contributed by atoms with van der Waals surface area (Å²) in [4.78, 5) is 19.9. The Morgan fingerprint density at radius 3 is 2.15 bits per heavy atom. The number of hydrogen-bond acceptors (Lipinski definition) is 5. The van der Waals surface area contributed by atoms with Crippen molar-refractivity contribution in [3.8, 4) is 11.5 Å². The van der Waals surface area contributed by atoms with Gasteiger partial charge in [-0.2, -0.15) is 0 Å². The third-order valence-corrected chi connectivity index (χ3v) is 8.85. The second-order valence-corrected chi connectivity index (χ2v) is 12.0. The lowest BCUT2D eigenvalue weighted by molar-refractivity contribution is 0.340. The highest BCUT2D eigenvalue weighted by Crippen LogP contribution is 2.41. The van der Waals surface area contributed by atoms with E-state index >= 15 is 0 Å². The summed E-state index contributed by atoms with van der Waals surface area (Å²) in [5.41, 5.74) is 6.57. The molecule has 5 nitrogen and oxygen atoms in total. The van der Waals surface area contributed by atoms with Gasteiger partial charge in [-0.3, -0.25) is 9.36 Å². The number of rotatable bonds is 7. The summed E-state index contributed by atoms with van der Waals surface area (Å²) in [7, 11) is 0. The number of benzene rings is 3. The van der Waals surface area contributed by atoms with Crippen LogP contribution in [0.4, 0.5) is 0 Å². The molecular weight excluding hydrogens is 596 g/mol. The van der Waals surface area contributed by atoms with Crippen LogP contribution < -0.4 is 24.4 Å². The molecule has 0 radical (unpaired) electrons. The number of thiazole rings is 1. The van der Waals surface area contributed by atoms with Gasteiger partial charge in [0.15, 0.2) is 4.80 Å². The van der Waals surface area contributed by atoms with Gasteiger partial charge in [-0.05, 0) is 109 Å². The highest BCUT2D eigenvalue weighted by atomic mass is 79.9. The van der Waals surface area contributed by atoms with Gasteiger partial charge in [0.25, 0.3) is 5.56 Å². The molecule has 2 heterocycles. The molecule has 1 atom stereocenters. The molecule has 0 spiro atoms. The largest absolute Gasteiger partial charge is 0.494 e. The fraction of sp³-hybridized carbons (Fsp3) is 0.235. The summed E-state index contributed by atoms with van der Waals surface area (Å²) in [6.07, 6.45) is 7.05. The zero-order valence-electron chi connectivity index (χ0n) is 23.1. The van der Waals surface area contributed by atoms with E-state index in [0.29, 0.717) is 17.7 Å². The van der Waals surface area contributed by atoms with Crippen LogP contribution in [0.5, 0.6) is 11.5 Å². The van der Waals surface area contributed by atoms with Gasteiger partial charge in [-0.25, -0.2) is 4.99 Å². The molecule has 0 saturated carbocycles. The summed E-state index contributed by atoms with van der Waals surface area (Å²) in [6.45, 7) is 5.23. The average Bonchev–Trinajstić information content (AvgIpc) is 3.29. The molecule has 0 saturated heterocycles. The van der Waals surface area contributed by atoms with Crippen LogP contribution in [-0.2, 0) is 0 Å². The van der Waals surface area contributed by atoms with Gasteiger partial charge in [0.2, 0.25) is 0 Å². The Morgan fingerprint density at radius 1 is 0.878 bits per heavy atom. The number of halogens is 1. The van der Waals surface area contributed by atoms with E-state index in [1.807, 2.05) is 73.0 Å². The second-order valence-electron chi connectivity index (χ2n) is 10.0. The molecule has 0 N–H and O–H groups in total. The van der Waals surface area contributed by atoms with Crippen molar-refractivity contribution in [1.82, 2.24) is 4.57 Å².